The zero-order valence-corrected chi connectivity index (χ0v) is 12.3. The molecular formula is C15H18FN3O2. The van der Waals surface area contributed by atoms with Crippen LogP contribution in [0.15, 0.2) is 18.3 Å². The summed E-state index contributed by atoms with van der Waals surface area (Å²) < 4.78 is 15.1. The molecule has 0 unspecified atom stereocenters. The van der Waals surface area contributed by atoms with E-state index in [1.54, 1.807) is 33.0 Å². The standard InChI is InChI=1S/C15H18FN3O2/c1-9-4-11(5-10(2)14(9)16)6-17-8-13-12(15(20)21)7-18-19(13)3/h4-5,7,17H,6,8H2,1-3H3,(H,20,21). The molecule has 2 rings (SSSR count). The number of benzene rings is 1. The zero-order valence-electron chi connectivity index (χ0n) is 12.3. The highest BCUT2D eigenvalue weighted by Gasteiger charge is 2.14. The Hall–Kier alpha value is -2.21. The van der Waals surface area contributed by atoms with E-state index in [9.17, 15) is 9.18 Å². The van der Waals surface area contributed by atoms with Crippen LogP contribution < -0.4 is 5.32 Å². The Kier molecular flexibility index (Phi) is 4.37. The summed E-state index contributed by atoms with van der Waals surface area (Å²) in [6, 6.07) is 3.58. The van der Waals surface area contributed by atoms with E-state index in [1.807, 2.05) is 0 Å². The highest BCUT2D eigenvalue weighted by molar-refractivity contribution is 5.88. The van der Waals surface area contributed by atoms with Crippen LogP contribution >= 0.6 is 0 Å². The fourth-order valence-electron chi connectivity index (χ4n) is 2.31. The molecule has 0 bridgehead atoms. The maximum Gasteiger partial charge on any atom is 0.339 e. The van der Waals surface area contributed by atoms with Crippen molar-refractivity contribution in [2.24, 2.45) is 7.05 Å². The van der Waals surface area contributed by atoms with Gasteiger partial charge < -0.3 is 10.4 Å². The van der Waals surface area contributed by atoms with Gasteiger partial charge in [-0.05, 0) is 30.5 Å². The lowest BCUT2D eigenvalue weighted by atomic mass is 10.1. The molecule has 0 atom stereocenters. The average Bonchev–Trinajstić information content (AvgIpc) is 2.78. The van der Waals surface area contributed by atoms with Crippen molar-refractivity contribution >= 4 is 5.97 Å². The lowest BCUT2D eigenvalue weighted by Gasteiger charge is -2.09. The second-order valence-corrected chi connectivity index (χ2v) is 5.08. The van der Waals surface area contributed by atoms with Crippen LogP contribution in [0.2, 0.25) is 0 Å². The molecule has 21 heavy (non-hydrogen) atoms. The monoisotopic (exact) mass is 291 g/mol. The smallest absolute Gasteiger partial charge is 0.339 e. The van der Waals surface area contributed by atoms with Crippen LogP contribution in [0.25, 0.3) is 0 Å². The first-order valence-corrected chi connectivity index (χ1v) is 6.60. The average molecular weight is 291 g/mol. The Morgan fingerprint density at radius 1 is 1.33 bits per heavy atom. The van der Waals surface area contributed by atoms with E-state index in [0.717, 1.165) is 5.56 Å². The van der Waals surface area contributed by atoms with Crippen molar-refractivity contribution in [3.8, 4) is 0 Å². The number of hydrogen-bond acceptors (Lipinski definition) is 3. The van der Waals surface area contributed by atoms with Crippen LogP contribution in [0, 0.1) is 19.7 Å². The SMILES string of the molecule is Cc1cc(CNCc2c(C(=O)O)cnn2C)cc(C)c1F. The van der Waals surface area contributed by atoms with Gasteiger partial charge in [0.25, 0.3) is 0 Å². The molecule has 0 saturated heterocycles. The molecule has 2 N–H and O–H groups in total. The number of carboxylic acids is 1. The van der Waals surface area contributed by atoms with Crippen molar-refractivity contribution in [2.45, 2.75) is 26.9 Å². The maximum atomic E-state index is 13.6. The summed E-state index contributed by atoms with van der Waals surface area (Å²) in [5.41, 5.74) is 2.98. The minimum Gasteiger partial charge on any atom is -0.478 e. The minimum absolute atomic E-state index is 0.182. The first-order chi connectivity index (χ1) is 9.90. The normalized spacial score (nSPS) is 10.9. The van der Waals surface area contributed by atoms with Gasteiger partial charge in [0, 0.05) is 20.1 Å². The summed E-state index contributed by atoms with van der Waals surface area (Å²) in [5, 5.41) is 16.2. The lowest BCUT2D eigenvalue weighted by molar-refractivity contribution is 0.0695. The summed E-state index contributed by atoms with van der Waals surface area (Å²) in [5.74, 6) is -1.17. The number of hydrogen-bond donors (Lipinski definition) is 2. The molecule has 0 amide bonds. The van der Waals surface area contributed by atoms with Crippen molar-refractivity contribution in [2.75, 3.05) is 0 Å². The number of nitrogens with zero attached hydrogens (tertiary/aromatic N) is 2. The van der Waals surface area contributed by atoms with E-state index >= 15 is 0 Å². The van der Waals surface area contributed by atoms with Crippen LogP contribution in [-0.2, 0) is 20.1 Å². The first kappa shape index (κ1) is 15.2. The summed E-state index contributed by atoms with van der Waals surface area (Å²) in [4.78, 5) is 11.1. The fraction of sp³-hybridized carbons (Fsp3) is 0.333. The molecule has 6 heteroatoms. The van der Waals surface area contributed by atoms with Gasteiger partial charge in [-0.15, -0.1) is 0 Å². The lowest BCUT2D eigenvalue weighted by Crippen LogP contribution is -2.18. The molecule has 2 aromatic rings. The molecule has 0 aliphatic heterocycles. The predicted molar refractivity (Wildman–Crippen MR) is 76.6 cm³/mol. The van der Waals surface area contributed by atoms with Crippen molar-refractivity contribution in [3.05, 3.63) is 52.1 Å². The highest BCUT2D eigenvalue weighted by atomic mass is 19.1. The molecule has 1 aromatic carbocycles. The number of aromatic nitrogens is 2. The van der Waals surface area contributed by atoms with Gasteiger partial charge in [-0.1, -0.05) is 12.1 Å². The van der Waals surface area contributed by atoms with Crippen molar-refractivity contribution < 1.29 is 14.3 Å². The molecule has 0 aliphatic carbocycles. The molecule has 0 fully saturated rings. The van der Waals surface area contributed by atoms with E-state index in [2.05, 4.69) is 10.4 Å². The summed E-state index contributed by atoms with van der Waals surface area (Å²) >= 11 is 0. The minimum atomic E-state index is -0.992. The molecule has 0 spiro atoms. The molecule has 0 radical (unpaired) electrons. The van der Waals surface area contributed by atoms with E-state index in [1.165, 1.54) is 10.9 Å². The largest absolute Gasteiger partial charge is 0.478 e. The summed E-state index contributed by atoms with van der Waals surface area (Å²) in [7, 11) is 1.70. The maximum absolute atomic E-state index is 13.6. The third-order valence-electron chi connectivity index (χ3n) is 3.41. The molecule has 5 nitrogen and oxygen atoms in total. The van der Waals surface area contributed by atoms with E-state index in [0.29, 0.717) is 29.9 Å². The van der Waals surface area contributed by atoms with Gasteiger partial charge in [0.2, 0.25) is 0 Å². The third kappa shape index (κ3) is 3.28. The van der Waals surface area contributed by atoms with Crippen LogP contribution in [0.5, 0.6) is 0 Å². The molecule has 112 valence electrons. The third-order valence-corrected chi connectivity index (χ3v) is 3.41. The van der Waals surface area contributed by atoms with E-state index in [4.69, 9.17) is 5.11 Å². The van der Waals surface area contributed by atoms with Crippen LogP contribution in [-0.4, -0.2) is 20.9 Å². The number of aromatic carboxylic acids is 1. The van der Waals surface area contributed by atoms with Gasteiger partial charge in [0.1, 0.15) is 11.4 Å². The zero-order chi connectivity index (χ0) is 15.6. The number of aryl methyl sites for hydroxylation is 3. The molecule has 1 heterocycles. The van der Waals surface area contributed by atoms with Gasteiger partial charge in [0.15, 0.2) is 0 Å². The number of carboxylic acid groups (broad SMARTS) is 1. The Morgan fingerprint density at radius 2 is 1.95 bits per heavy atom. The summed E-state index contributed by atoms with van der Waals surface area (Å²) in [6.07, 6.45) is 1.34. The number of carbonyl (C=O) groups is 1. The number of rotatable bonds is 5. The first-order valence-electron chi connectivity index (χ1n) is 6.60. The second kappa shape index (κ2) is 6.05. The molecule has 1 aromatic heterocycles. The highest BCUT2D eigenvalue weighted by Crippen LogP contribution is 2.15. The van der Waals surface area contributed by atoms with Gasteiger partial charge >= 0.3 is 5.97 Å². The fourth-order valence-corrected chi connectivity index (χ4v) is 2.31. The van der Waals surface area contributed by atoms with Gasteiger partial charge in [-0.3, -0.25) is 4.68 Å². The quantitative estimate of drug-likeness (QED) is 0.886. The molecular weight excluding hydrogens is 273 g/mol. The Labute approximate surface area is 122 Å². The molecule has 0 aliphatic rings. The predicted octanol–water partition coefficient (Wildman–Crippen LogP) is 2.16. The summed E-state index contributed by atoms with van der Waals surface area (Å²) in [6.45, 7) is 4.38. The van der Waals surface area contributed by atoms with E-state index in [-0.39, 0.29) is 11.4 Å². The van der Waals surface area contributed by atoms with E-state index < -0.39 is 5.97 Å². The van der Waals surface area contributed by atoms with Gasteiger partial charge in [-0.25, -0.2) is 9.18 Å². The Balaban J connectivity index is 2.05. The topological polar surface area (TPSA) is 67.2 Å². The van der Waals surface area contributed by atoms with Gasteiger partial charge in [0.05, 0.1) is 11.9 Å². The number of halogens is 1. The van der Waals surface area contributed by atoms with Crippen LogP contribution in [0.1, 0.15) is 32.7 Å². The van der Waals surface area contributed by atoms with Crippen molar-refractivity contribution in [3.63, 3.8) is 0 Å². The Morgan fingerprint density at radius 3 is 2.52 bits per heavy atom. The molecule has 0 saturated carbocycles. The van der Waals surface area contributed by atoms with Crippen molar-refractivity contribution in [1.29, 1.82) is 0 Å². The Bertz CT molecular complexity index is 657. The van der Waals surface area contributed by atoms with Crippen LogP contribution in [0.4, 0.5) is 4.39 Å². The number of nitrogens with one attached hydrogen (secondary N) is 1. The van der Waals surface area contributed by atoms with Gasteiger partial charge in [-0.2, -0.15) is 5.10 Å². The van der Waals surface area contributed by atoms with Crippen LogP contribution in [0.3, 0.4) is 0 Å². The second-order valence-electron chi connectivity index (χ2n) is 5.08. The van der Waals surface area contributed by atoms with Crippen molar-refractivity contribution in [1.82, 2.24) is 15.1 Å².